The van der Waals surface area contributed by atoms with Gasteiger partial charge in [-0.05, 0) is 62.6 Å². The van der Waals surface area contributed by atoms with Crippen LogP contribution in [-0.2, 0) is 12.8 Å². The largest absolute Gasteiger partial charge is 0.316 e. The number of likely N-dealkylation sites (N-methyl/N-ethyl adjacent to an activating group) is 1. The van der Waals surface area contributed by atoms with E-state index in [0.717, 1.165) is 6.42 Å². The monoisotopic (exact) mass is 305 g/mol. The zero-order chi connectivity index (χ0) is 15.4. The van der Waals surface area contributed by atoms with E-state index in [1.807, 2.05) is 7.05 Å². The van der Waals surface area contributed by atoms with Crippen LogP contribution in [0.15, 0.2) is 36.4 Å². The van der Waals surface area contributed by atoms with Crippen LogP contribution in [0.4, 0.5) is 4.39 Å². The number of hydrogen-bond donors (Lipinski definition) is 1. The van der Waals surface area contributed by atoms with E-state index in [9.17, 15) is 4.39 Å². The third-order valence-corrected chi connectivity index (χ3v) is 4.33. The lowest BCUT2D eigenvalue weighted by Gasteiger charge is -2.18. The molecule has 3 heteroatoms. The van der Waals surface area contributed by atoms with Crippen LogP contribution in [0.2, 0.25) is 5.02 Å². The molecule has 0 aliphatic rings. The third-order valence-electron chi connectivity index (χ3n) is 3.97. The Bertz CT molecular complexity index is 604. The van der Waals surface area contributed by atoms with E-state index in [4.69, 9.17) is 11.6 Å². The van der Waals surface area contributed by atoms with Crippen molar-refractivity contribution in [2.75, 3.05) is 7.05 Å². The van der Waals surface area contributed by atoms with Crippen molar-refractivity contribution in [3.8, 4) is 0 Å². The molecule has 0 saturated heterocycles. The lowest BCUT2D eigenvalue weighted by Crippen LogP contribution is -2.30. The van der Waals surface area contributed by atoms with Crippen molar-refractivity contribution in [1.29, 1.82) is 0 Å². The molecular formula is C18H21ClFN. The average Bonchev–Trinajstić information content (AvgIpc) is 2.45. The number of halogens is 2. The fourth-order valence-corrected chi connectivity index (χ4v) is 2.71. The molecule has 1 atom stereocenters. The zero-order valence-corrected chi connectivity index (χ0v) is 13.5. The Kier molecular flexibility index (Phi) is 5.38. The Morgan fingerprint density at radius 3 is 2.48 bits per heavy atom. The normalized spacial score (nSPS) is 12.4. The maximum atomic E-state index is 13.9. The second-order valence-corrected chi connectivity index (χ2v) is 5.92. The van der Waals surface area contributed by atoms with Gasteiger partial charge in [-0.1, -0.05) is 35.9 Å². The molecule has 1 nitrogen and oxygen atoms in total. The van der Waals surface area contributed by atoms with Crippen LogP contribution in [0, 0.1) is 19.7 Å². The molecular weight excluding hydrogens is 285 g/mol. The van der Waals surface area contributed by atoms with Crippen molar-refractivity contribution < 1.29 is 4.39 Å². The van der Waals surface area contributed by atoms with Crippen molar-refractivity contribution in [3.05, 3.63) is 69.5 Å². The Morgan fingerprint density at radius 1 is 1.10 bits per heavy atom. The minimum Gasteiger partial charge on any atom is -0.316 e. The molecule has 0 aliphatic carbocycles. The van der Waals surface area contributed by atoms with Gasteiger partial charge in [-0.2, -0.15) is 0 Å². The summed E-state index contributed by atoms with van der Waals surface area (Å²) in [6.07, 6.45) is 1.43. The summed E-state index contributed by atoms with van der Waals surface area (Å²) < 4.78 is 13.9. The summed E-state index contributed by atoms with van der Waals surface area (Å²) in [5.74, 6) is -0.233. The first kappa shape index (κ1) is 16.0. The summed E-state index contributed by atoms with van der Waals surface area (Å²) in [5.41, 5.74) is 4.41. The van der Waals surface area contributed by atoms with Gasteiger partial charge in [-0.15, -0.1) is 0 Å². The van der Waals surface area contributed by atoms with Gasteiger partial charge in [0.05, 0.1) is 0 Å². The van der Waals surface area contributed by atoms with Crippen molar-refractivity contribution in [2.45, 2.75) is 32.7 Å². The van der Waals surface area contributed by atoms with Crippen molar-refractivity contribution in [1.82, 2.24) is 5.32 Å². The SMILES string of the molecule is CNC(Cc1ccc(C)c(C)c1)Cc1c(F)cccc1Cl. The molecule has 0 heterocycles. The fourth-order valence-electron chi connectivity index (χ4n) is 2.47. The Balaban J connectivity index is 2.15. The van der Waals surface area contributed by atoms with Gasteiger partial charge < -0.3 is 5.32 Å². The van der Waals surface area contributed by atoms with Crippen LogP contribution in [0.3, 0.4) is 0 Å². The van der Waals surface area contributed by atoms with Crippen molar-refractivity contribution in [2.24, 2.45) is 0 Å². The maximum absolute atomic E-state index is 13.9. The number of rotatable bonds is 5. The van der Waals surface area contributed by atoms with Crippen molar-refractivity contribution >= 4 is 11.6 Å². The number of nitrogens with one attached hydrogen (secondary N) is 1. The molecule has 0 saturated carbocycles. The van der Waals surface area contributed by atoms with Crippen LogP contribution in [-0.4, -0.2) is 13.1 Å². The highest BCUT2D eigenvalue weighted by molar-refractivity contribution is 6.31. The quantitative estimate of drug-likeness (QED) is 0.859. The lowest BCUT2D eigenvalue weighted by molar-refractivity contribution is 0.532. The van der Waals surface area contributed by atoms with E-state index in [0.29, 0.717) is 17.0 Å². The molecule has 0 amide bonds. The highest BCUT2D eigenvalue weighted by Gasteiger charge is 2.14. The van der Waals surface area contributed by atoms with Gasteiger partial charge in [0.15, 0.2) is 0 Å². The predicted molar refractivity (Wildman–Crippen MR) is 87.6 cm³/mol. The second kappa shape index (κ2) is 7.06. The molecule has 0 bridgehead atoms. The molecule has 1 N–H and O–H groups in total. The van der Waals surface area contributed by atoms with Gasteiger partial charge >= 0.3 is 0 Å². The molecule has 21 heavy (non-hydrogen) atoms. The highest BCUT2D eigenvalue weighted by Crippen LogP contribution is 2.22. The zero-order valence-electron chi connectivity index (χ0n) is 12.7. The number of hydrogen-bond acceptors (Lipinski definition) is 1. The van der Waals surface area contributed by atoms with E-state index in [1.54, 1.807) is 12.1 Å². The van der Waals surface area contributed by atoms with Gasteiger partial charge in [-0.3, -0.25) is 0 Å². The molecule has 1 unspecified atom stereocenters. The van der Waals surface area contributed by atoms with E-state index >= 15 is 0 Å². The smallest absolute Gasteiger partial charge is 0.127 e. The van der Waals surface area contributed by atoms with Gasteiger partial charge in [0.25, 0.3) is 0 Å². The molecule has 112 valence electrons. The average molecular weight is 306 g/mol. The highest BCUT2D eigenvalue weighted by atomic mass is 35.5. The molecule has 0 aromatic heterocycles. The molecule has 0 radical (unpaired) electrons. The summed E-state index contributed by atoms with van der Waals surface area (Å²) >= 11 is 6.11. The summed E-state index contributed by atoms with van der Waals surface area (Å²) in [4.78, 5) is 0. The summed E-state index contributed by atoms with van der Waals surface area (Å²) in [5, 5.41) is 3.76. The van der Waals surface area contributed by atoms with Crippen LogP contribution < -0.4 is 5.32 Å². The maximum Gasteiger partial charge on any atom is 0.127 e. The topological polar surface area (TPSA) is 12.0 Å². The Morgan fingerprint density at radius 2 is 1.86 bits per heavy atom. The lowest BCUT2D eigenvalue weighted by atomic mass is 9.96. The first-order valence-corrected chi connectivity index (χ1v) is 7.55. The third kappa shape index (κ3) is 4.05. The van der Waals surface area contributed by atoms with Gasteiger partial charge in [-0.25, -0.2) is 4.39 Å². The molecule has 0 spiro atoms. The van der Waals surface area contributed by atoms with Crippen LogP contribution in [0.25, 0.3) is 0 Å². The minimum absolute atomic E-state index is 0.154. The molecule has 2 aromatic rings. The fraction of sp³-hybridized carbons (Fsp3) is 0.333. The minimum atomic E-state index is -0.233. The molecule has 0 aliphatic heterocycles. The summed E-state index contributed by atoms with van der Waals surface area (Å²) in [6, 6.07) is 11.5. The van der Waals surface area contributed by atoms with E-state index < -0.39 is 0 Å². The molecule has 0 fully saturated rings. The van der Waals surface area contributed by atoms with E-state index in [-0.39, 0.29) is 11.9 Å². The first-order chi connectivity index (χ1) is 10.0. The van der Waals surface area contributed by atoms with Crippen molar-refractivity contribution in [3.63, 3.8) is 0 Å². The van der Waals surface area contributed by atoms with Crippen LogP contribution >= 0.6 is 11.6 Å². The summed E-state index contributed by atoms with van der Waals surface area (Å²) in [6.45, 7) is 4.22. The Labute approximate surface area is 131 Å². The van der Waals surface area contributed by atoms with E-state index in [1.165, 1.54) is 22.8 Å². The van der Waals surface area contributed by atoms with Crippen LogP contribution in [0.5, 0.6) is 0 Å². The number of aryl methyl sites for hydroxylation is 2. The Hall–Kier alpha value is -1.38. The van der Waals surface area contributed by atoms with Crippen LogP contribution in [0.1, 0.15) is 22.3 Å². The van der Waals surface area contributed by atoms with E-state index in [2.05, 4.69) is 37.4 Å². The van der Waals surface area contributed by atoms with Gasteiger partial charge in [0, 0.05) is 16.6 Å². The second-order valence-electron chi connectivity index (χ2n) is 5.51. The first-order valence-electron chi connectivity index (χ1n) is 7.17. The molecule has 2 rings (SSSR count). The number of benzene rings is 2. The summed E-state index contributed by atoms with van der Waals surface area (Å²) in [7, 11) is 1.90. The van der Waals surface area contributed by atoms with Gasteiger partial charge in [0.1, 0.15) is 5.82 Å². The van der Waals surface area contributed by atoms with Gasteiger partial charge in [0.2, 0.25) is 0 Å². The predicted octanol–water partition coefficient (Wildman–Crippen LogP) is 4.47. The molecule has 2 aromatic carbocycles. The standard InChI is InChI=1S/C18H21ClFN/c1-12-7-8-14(9-13(12)2)10-15(21-3)11-16-17(19)5-4-6-18(16)20/h4-9,15,21H,10-11H2,1-3H3.